The van der Waals surface area contributed by atoms with Crippen LogP contribution in [0.5, 0.6) is 0 Å². The first-order chi connectivity index (χ1) is 8.00. The molecule has 0 aromatic heterocycles. The highest BCUT2D eigenvalue weighted by Gasteiger charge is 2.22. The Morgan fingerprint density at radius 1 is 1.35 bits per heavy atom. The molecule has 0 spiro atoms. The molecular weight excluding hydrogens is 212 g/mol. The second-order valence-corrected chi connectivity index (χ2v) is 5.33. The zero-order valence-electron chi connectivity index (χ0n) is 10.9. The van der Waals surface area contributed by atoms with Crippen LogP contribution in [-0.4, -0.2) is 24.7 Å². The van der Waals surface area contributed by atoms with Gasteiger partial charge in [0.25, 0.3) is 0 Å². The van der Waals surface area contributed by atoms with E-state index in [4.69, 9.17) is 5.73 Å². The number of rotatable bonds is 3. The van der Waals surface area contributed by atoms with Gasteiger partial charge >= 0.3 is 0 Å². The molecule has 0 radical (unpaired) electrons. The Bertz CT molecular complexity index is 403. The molecule has 0 bridgehead atoms. The summed E-state index contributed by atoms with van der Waals surface area (Å²) in [6.45, 7) is 5.13. The van der Waals surface area contributed by atoms with E-state index in [1.807, 2.05) is 19.9 Å². The van der Waals surface area contributed by atoms with Gasteiger partial charge in [-0.25, -0.2) is 0 Å². The zero-order chi connectivity index (χ0) is 12.6. The van der Waals surface area contributed by atoms with Gasteiger partial charge in [0.1, 0.15) is 0 Å². The van der Waals surface area contributed by atoms with E-state index >= 15 is 0 Å². The summed E-state index contributed by atoms with van der Waals surface area (Å²) in [5.41, 5.74) is 9.55. The van der Waals surface area contributed by atoms with E-state index in [0.29, 0.717) is 0 Å². The lowest BCUT2D eigenvalue weighted by atomic mass is 9.93. The number of fused-ring (bicyclic) bond motifs is 1. The number of likely N-dealkylation sites (N-methyl/N-ethyl adjacent to an activating group) is 1. The van der Waals surface area contributed by atoms with Crippen LogP contribution >= 0.6 is 0 Å². The van der Waals surface area contributed by atoms with E-state index in [1.165, 1.54) is 11.3 Å². The first-order valence-corrected chi connectivity index (χ1v) is 6.28. The van der Waals surface area contributed by atoms with Crippen molar-refractivity contribution in [3.8, 4) is 0 Å². The van der Waals surface area contributed by atoms with Crippen molar-refractivity contribution < 1.29 is 5.11 Å². The van der Waals surface area contributed by atoms with Crippen molar-refractivity contribution in [1.82, 2.24) is 0 Å². The molecule has 2 atom stereocenters. The van der Waals surface area contributed by atoms with Gasteiger partial charge in [0, 0.05) is 25.3 Å². The van der Waals surface area contributed by atoms with Crippen molar-refractivity contribution in [2.45, 2.75) is 32.4 Å². The first-order valence-electron chi connectivity index (χ1n) is 6.28. The summed E-state index contributed by atoms with van der Waals surface area (Å²) < 4.78 is 0. The summed E-state index contributed by atoms with van der Waals surface area (Å²) in [4.78, 5) is 2.24. The van der Waals surface area contributed by atoms with Gasteiger partial charge in [0.05, 0.1) is 6.10 Å². The third kappa shape index (κ3) is 2.31. The van der Waals surface area contributed by atoms with E-state index in [1.54, 1.807) is 0 Å². The lowest BCUT2D eigenvalue weighted by molar-refractivity contribution is 0.126. The zero-order valence-corrected chi connectivity index (χ0v) is 10.9. The molecule has 0 amide bonds. The molecule has 1 aromatic rings. The van der Waals surface area contributed by atoms with Crippen LogP contribution in [0.1, 0.15) is 31.1 Å². The molecule has 0 aliphatic carbocycles. The molecule has 2 unspecified atom stereocenters. The van der Waals surface area contributed by atoms with Crippen LogP contribution < -0.4 is 10.6 Å². The maximum atomic E-state index is 10.2. The predicted molar refractivity (Wildman–Crippen MR) is 71.2 cm³/mol. The summed E-state index contributed by atoms with van der Waals surface area (Å²) >= 11 is 0. The van der Waals surface area contributed by atoms with Crippen molar-refractivity contribution in [2.75, 3.05) is 18.5 Å². The highest BCUT2D eigenvalue weighted by Crippen LogP contribution is 2.30. The summed E-state index contributed by atoms with van der Waals surface area (Å²) in [5.74, 6) is 0.279. The van der Waals surface area contributed by atoms with E-state index in [9.17, 15) is 5.11 Å². The standard InChI is InChI=1S/C14H22N2O/c1-9(2)13(15)14(17)11-4-5-12-10(8-11)6-7-16(12)3/h4-5,8-9,13-14,17H,6-7,15H2,1-3H3. The molecule has 0 fully saturated rings. The number of anilines is 1. The maximum Gasteiger partial charge on any atom is 0.0943 e. The third-order valence-corrected chi connectivity index (χ3v) is 3.71. The second-order valence-electron chi connectivity index (χ2n) is 5.33. The van der Waals surface area contributed by atoms with Crippen LogP contribution in [0.25, 0.3) is 0 Å². The van der Waals surface area contributed by atoms with E-state index in [0.717, 1.165) is 18.5 Å². The number of nitrogens with two attached hydrogens (primary N) is 1. The van der Waals surface area contributed by atoms with E-state index in [2.05, 4.69) is 24.1 Å². The van der Waals surface area contributed by atoms with Crippen LogP contribution in [-0.2, 0) is 6.42 Å². The van der Waals surface area contributed by atoms with Crippen LogP contribution in [0.3, 0.4) is 0 Å². The number of hydrogen-bond acceptors (Lipinski definition) is 3. The highest BCUT2D eigenvalue weighted by atomic mass is 16.3. The molecule has 1 heterocycles. The molecule has 1 aliphatic heterocycles. The molecule has 1 aliphatic rings. The summed E-state index contributed by atoms with van der Waals surface area (Å²) in [7, 11) is 2.10. The van der Waals surface area contributed by atoms with Crippen molar-refractivity contribution in [1.29, 1.82) is 0 Å². The molecule has 2 rings (SSSR count). The molecule has 1 aromatic carbocycles. The average molecular weight is 234 g/mol. The minimum Gasteiger partial charge on any atom is -0.387 e. The van der Waals surface area contributed by atoms with Crippen LogP contribution in [0, 0.1) is 5.92 Å². The van der Waals surface area contributed by atoms with Crippen LogP contribution in [0.4, 0.5) is 5.69 Å². The predicted octanol–water partition coefficient (Wildman–Crippen LogP) is 1.70. The third-order valence-electron chi connectivity index (χ3n) is 3.71. The smallest absolute Gasteiger partial charge is 0.0943 e. The Hall–Kier alpha value is -1.06. The van der Waals surface area contributed by atoms with Gasteiger partial charge in [0.15, 0.2) is 0 Å². The topological polar surface area (TPSA) is 49.5 Å². The van der Waals surface area contributed by atoms with Crippen molar-refractivity contribution in [3.05, 3.63) is 29.3 Å². The van der Waals surface area contributed by atoms with Gasteiger partial charge in [-0.15, -0.1) is 0 Å². The highest BCUT2D eigenvalue weighted by molar-refractivity contribution is 5.58. The molecule has 3 heteroatoms. The number of benzene rings is 1. The Labute approximate surface area is 103 Å². The van der Waals surface area contributed by atoms with Crippen molar-refractivity contribution in [3.63, 3.8) is 0 Å². The van der Waals surface area contributed by atoms with Crippen LogP contribution in [0.2, 0.25) is 0 Å². The van der Waals surface area contributed by atoms with Gasteiger partial charge < -0.3 is 15.7 Å². The second kappa shape index (κ2) is 4.67. The molecular formula is C14H22N2O. The minimum atomic E-state index is -0.564. The van der Waals surface area contributed by atoms with Gasteiger partial charge in [-0.05, 0) is 29.5 Å². The van der Waals surface area contributed by atoms with E-state index in [-0.39, 0.29) is 12.0 Å². The SMILES string of the molecule is CC(C)C(N)C(O)c1ccc2c(c1)CCN2C. The fourth-order valence-electron chi connectivity index (χ4n) is 2.36. The van der Waals surface area contributed by atoms with Crippen LogP contribution in [0.15, 0.2) is 18.2 Å². The van der Waals surface area contributed by atoms with Gasteiger partial charge in [-0.3, -0.25) is 0 Å². The van der Waals surface area contributed by atoms with Gasteiger partial charge in [-0.1, -0.05) is 26.0 Å². The van der Waals surface area contributed by atoms with Gasteiger partial charge in [0.2, 0.25) is 0 Å². The molecule has 0 saturated heterocycles. The monoisotopic (exact) mass is 234 g/mol. The lowest BCUT2D eigenvalue weighted by Gasteiger charge is -2.23. The molecule has 17 heavy (non-hydrogen) atoms. The summed E-state index contributed by atoms with van der Waals surface area (Å²) in [5, 5.41) is 10.2. The lowest BCUT2D eigenvalue weighted by Crippen LogP contribution is -2.33. The van der Waals surface area contributed by atoms with Crippen molar-refractivity contribution in [2.24, 2.45) is 11.7 Å². The first kappa shape index (κ1) is 12.4. The Balaban J connectivity index is 2.24. The maximum absolute atomic E-state index is 10.2. The van der Waals surface area contributed by atoms with Crippen molar-refractivity contribution >= 4 is 5.69 Å². The number of aliphatic hydroxyl groups is 1. The summed E-state index contributed by atoms with van der Waals surface area (Å²) in [6.07, 6.45) is 0.495. The average Bonchev–Trinajstić information content (AvgIpc) is 2.68. The quantitative estimate of drug-likeness (QED) is 0.837. The molecule has 0 saturated carbocycles. The fraction of sp³-hybridized carbons (Fsp3) is 0.571. The molecule has 3 N–H and O–H groups in total. The molecule has 3 nitrogen and oxygen atoms in total. The number of aliphatic hydroxyl groups excluding tert-OH is 1. The Kier molecular flexibility index (Phi) is 3.40. The molecule has 94 valence electrons. The normalized spacial score (nSPS) is 18.4. The number of nitrogens with zero attached hydrogens (tertiary/aromatic N) is 1. The minimum absolute atomic E-state index is 0.202. The number of hydrogen-bond donors (Lipinski definition) is 2. The van der Waals surface area contributed by atoms with E-state index < -0.39 is 6.10 Å². The Morgan fingerprint density at radius 3 is 2.71 bits per heavy atom. The fourth-order valence-corrected chi connectivity index (χ4v) is 2.36. The van der Waals surface area contributed by atoms with Gasteiger partial charge in [-0.2, -0.15) is 0 Å². The summed E-state index contributed by atoms with van der Waals surface area (Å²) in [6, 6.07) is 5.99. The Morgan fingerprint density at radius 2 is 2.06 bits per heavy atom. The largest absolute Gasteiger partial charge is 0.387 e.